The lowest BCUT2D eigenvalue weighted by Gasteiger charge is -2.43. The van der Waals surface area contributed by atoms with Crippen molar-refractivity contribution in [2.45, 2.75) is 70.2 Å². The molecular formula is C29H40O5Si. The highest BCUT2D eigenvalue weighted by atomic mass is 28.4. The summed E-state index contributed by atoms with van der Waals surface area (Å²) >= 11 is 0. The number of rotatable bonds is 9. The number of benzene rings is 2. The van der Waals surface area contributed by atoms with E-state index < -0.39 is 19.9 Å². The summed E-state index contributed by atoms with van der Waals surface area (Å²) in [5, 5.41) is 2.50. The second-order valence-corrected chi connectivity index (χ2v) is 15.2. The van der Waals surface area contributed by atoms with Crippen LogP contribution in [0.5, 0.6) is 0 Å². The van der Waals surface area contributed by atoms with Crippen molar-refractivity contribution in [2.24, 2.45) is 0 Å². The molecule has 2 aliphatic rings. The van der Waals surface area contributed by atoms with Gasteiger partial charge in [0.25, 0.3) is 8.32 Å². The molecule has 2 saturated heterocycles. The van der Waals surface area contributed by atoms with E-state index in [4.69, 9.17) is 23.4 Å². The van der Waals surface area contributed by atoms with Crippen molar-refractivity contribution in [3.8, 4) is 0 Å². The van der Waals surface area contributed by atoms with E-state index in [9.17, 15) is 0 Å². The van der Waals surface area contributed by atoms with E-state index in [1.807, 2.05) is 13.8 Å². The van der Waals surface area contributed by atoms with Gasteiger partial charge in [0, 0.05) is 19.4 Å². The molecule has 0 spiro atoms. The Bertz CT molecular complexity index is 922. The molecule has 190 valence electrons. The van der Waals surface area contributed by atoms with Gasteiger partial charge in [0.05, 0.1) is 19.8 Å². The summed E-state index contributed by atoms with van der Waals surface area (Å²) in [5.41, 5.74) is 0. The lowest BCUT2D eigenvalue weighted by atomic mass is 10.1. The lowest BCUT2D eigenvalue weighted by Crippen LogP contribution is -2.66. The van der Waals surface area contributed by atoms with Crippen LogP contribution in [-0.4, -0.2) is 52.4 Å². The minimum Gasteiger partial charge on any atom is -0.407 e. The SMILES string of the molecule is CC1(C)OC[C@H](/C=C/CC2(CCO[Si](c3ccccc3)(c3ccccc3)C(C)(C)C)OCCO2)O1. The van der Waals surface area contributed by atoms with E-state index in [1.54, 1.807) is 0 Å². The largest absolute Gasteiger partial charge is 0.407 e. The van der Waals surface area contributed by atoms with Gasteiger partial charge in [-0.3, -0.25) is 0 Å². The van der Waals surface area contributed by atoms with Gasteiger partial charge in [-0.05, 0) is 29.3 Å². The molecule has 0 saturated carbocycles. The maximum Gasteiger partial charge on any atom is 0.261 e. The first-order valence-corrected chi connectivity index (χ1v) is 14.6. The smallest absolute Gasteiger partial charge is 0.261 e. The van der Waals surface area contributed by atoms with Gasteiger partial charge in [0.2, 0.25) is 0 Å². The van der Waals surface area contributed by atoms with Crippen molar-refractivity contribution in [1.29, 1.82) is 0 Å². The third kappa shape index (κ3) is 5.96. The number of ether oxygens (including phenoxy) is 4. The highest BCUT2D eigenvalue weighted by Crippen LogP contribution is 2.38. The highest BCUT2D eigenvalue weighted by Gasteiger charge is 2.50. The molecule has 2 fully saturated rings. The zero-order valence-electron chi connectivity index (χ0n) is 21.8. The van der Waals surface area contributed by atoms with Gasteiger partial charge < -0.3 is 23.4 Å². The summed E-state index contributed by atoms with van der Waals surface area (Å²) in [4.78, 5) is 0. The first-order valence-electron chi connectivity index (χ1n) is 12.7. The third-order valence-corrected chi connectivity index (χ3v) is 11.9. The van der Waals surface area contributed by atoms with Crippen molar-refractivity contribution in [3.63, 3.8) is 0 Å². The van der Waals surface area contributed by atoms with Crippen LogP contribution in [0.15, 0.2) is 72.8 Å². The second kappa shape index (κ2) is 10.7. The van der Waals surface area contributed by atoms with E-state index in [0.29, 0.717) is 39.3 Å². The second-order valence-electron chi connectivity index (χ2n) is 10.9. The number of hydrogen-bond donors (Lipinski definition) is 0. The van der Waals surface area contributed by atoms with E-state index in [-0.39, 0.29) is 11.1 Å². The van der Waals surface area contributed by atoms with Gasteiger partial charge in [0.1, 0.15) is 6.10 Å². The normalized spacial score (nSPS) is 22.1. The molecule has 2 aliphatic heterocycles. The van der Waals surface area contributed by atoms with Crippen molar-refractivity contribution in [1.82, 2.24) is 0 Å². The Balaban J connectivity index is 1.52. The van der Waals surface area contributed by atoms with E-state index in [1.165, 1.54) is 10.4 Å². The number of hydrogen-bond acceptors (Lipinski definition) is 5. The average Bonchev–Trinajstić information content (AvgIpc) is 3.43. The summed E-state index contributed by atoms with van der Waals surface area (Å²) in [6.45, 7) is 13.1. The zero-order chi connectivity index (χ0) is 25.0. The molecule has 35 heavy (non-hydrogen) atoms. The molecule has 2 aromatic rings. The Morgan fingerprint density at radius 3 is 1.97 bits per heavy atom. The molecule has 5 nitrogen and oxygen atoms in total. The topological polar surface area (TPSA) is 46.2 Å². The Labute approximate surface area is 211 Å². The molecule has 0 N–H and O–H groups in total. The fourth-order valence-corrected chi connectivity index (χ4v) is 9.76. The van der Waals surface area contributed by atoms with Crippen LogP contribution in [0.1, 0.15) is 47.5 Å². The summed E-state index contributed by atoms with van der Waals surface area (Å²) in [5.74, 6) is -1.20. The first kappa shape index (κ1) is 26.3. The van der Waals surface area contributed by atoms with Gasteiger partial charge in [-0.2, -0.15) is 0 Å². The molecule has 0 amide bonds. The van der Waals surface area contributed by atoms with Crippen LogP contribution < -0.4 is 10.4 Å². The lowest BCUT2D eigenvalue weighted by molar-refractivity contribution is -0.163. The zero-order valence-corrected chi connectivity index (χ0v) is 22.8. The highest BCUT2D eigenvalue weighted by molar-refractivity contribution is 6.99. The molecule has 6 heteroatoms. The molecule has 4 rings (SSSR count). The fraction of sp³-hybridized carbons (Fsp3) is 0.517. The summed E-state index contributed by atoms with van der Waals surface area (Å²) < 4.78 is 30.9. The minimum atomic E-state index is -2.59. The molecule has 0 bridgehead atoms. The Morgan fingerprint density at radius 1 is 0.914 bits per heavy atom. The van der Waals surface area contributed by atoms with Gasteiger partial charge in [-0.25, -0.2) is 0 Å². The van der Waals surface area contributed by atoms with Crippen LogP contribution in [0.4, 0.5) is 0 Å². The quantitative estimate of drug-likeness (QED) is 0.369. The Hall–Kier alpha value is -1.80. The average molecular weight is 497 g/mol. The van der Waals surface area contributed by atoms with Gasteiger partial charge in [-0.1, -0.05) is 93.6 Å². The Morgan fingerprint density at radius 2 is 1.49 bits per heavy atom. The maximum absolute atomic E-state index is 7.07. The van der Waals surface area contributed by atoms with Crippen molar-refractivity contribution in [2.75, 3.05) is 26.4 Å². The van der Waals surface area contributed by atoms with Gasteiger partial charge in [0.15, 0.2) is 11.6 Å². The maximum atomic E-state index is 7.07. The van der Waals surface area contributed by atoms with Crippen LogP contribution in [0.25, 0.3) is 0 Å². The fourth-order valence-electron chi connectivity index (χ4n) is 5.19. The van der Waals surface area contributed by atoms with Crippen molar-refractivity contribution in [3.05, 3.63) is 72.8 Å². The molecule has 0 aromatic heterocycles. The summed E-state index contributed by atoms with van der Waals surface area (Å²) in [7, 11) is -2.59. The van der Waals surface area contributed by atoms with Crippen LogP contribution in [0.2, 0.25) is 5.04 Å². The minimum absolute atomic E-state index is 0.0446. The Kier molecular flexibility index (Phi) is 8.01. The molecule has 0 aliphatic carbocycles. The standard InChI is InChI=1S/C29H40O5Si/c1-27(2,3)35(25-14-8-6-9-15-25,26-16-10-7-11-17-26)33-20-19-29(30-21-22-31-29)18-12-13-24-23-32-28(4,5)34-24/h6-17,24H,18-23H2,1-5H3/b13-12+/t24-/m0/s1. The monoisotopic (exact) mass is 496 g/mol. The summed E-state index contributed by atoms with van der Waals surface area (Å²) in [6.07, 6.45) is 5.43. The van der Waals surface area contributed by atoms with Crippen LogP contribution in [-0.2, 0) is 23.4 Å². The van der Waals surface area contributed by atoms with Gasteiger partial charge in [-0.15, -0.1) is 0 Å². The van der Waals surface area contributed by atoms with Crippen LogP contribution in [0.3, 0.4) is 0 Å². The van der Waals surface area contributed by atoms with Crippen LogP contribution >= 0.6 is 0 Å². The van der Waals surface area contributed by atoms with Crippen molar-refractivity contribution >= 4 is 18.7 Å². The van der Waals surface area contributed by atoms with E-state index in [2.05, 4.69) is 93.6 Å². The third-order valence-electron chi connectivity index (χ3n) is 6.84. The molecule has 0 radical (unpaired) electrons. The van der Waals surface area contributed by atoms with Crippen molar-refractivity contribution < 1.29 is 23.4 Å². The molecule has 0 unspecified atom stereocenters. The predicted octanol–water partition coefficient (Wildman–Crippen LogP) is 4.79. The molecule has 1 atom stereocenters. The van der Waals surface area contributed by atoms with E-state index >= 15 is 0 Å². The molecular weight excluding hydrogens is 456 g/mol. The molecule has 2 heterocycles. The molecule has 2 aromatic carbocycles. The predicted molar refractivity (Wildman–Crippen MR) is 141 cm³/mol. The summed E-state index contributed by atoms with van der Waals surface area (Å²) in [6, 6.07) is 21.5. The van der Waals surface area contributed by atoms with Gasteiger partial charge >= 0.3 is 0 Å². The van der Waals surface area contributed by atoms with E-state index in [0.717, 1.165) is 0 Å². The van der Waals surface area contributed by atoms with Crippen LogP contribution in [0, 0.1) is 0 Å². The first-order chi connectivity index (χ1) is 16.7.